The highest BCUT2D eigenvalue weighted by atomic mass is 16.5. The van der Waals surface area contributed by atoms with Crippen LogP contribution in [0.3, 0.4) is 0 Å². The summed E-state index contributed by atoms with van der Waals surface area (Å²) >= 11 is 0. The van der Waals surface area contributed by atoms with Gasteiger partial charge in [0.2, 0.25) is 0 Å². The molecule has 2 amide bonds. The van der Waals surface area contributed by atoms with Crippen LogP contribution in [-0.4, -0.2) is 30.9 Å². The van der Waals surface area contributed by atoms with Gasteiger partial charge in [-0.2, -0.15) is 0 Å². The SMILES string of the molecule is COCc1ccc(CNC(=O)NC2CCCCC2CO)cc1. The van der Waals surface area contributed by atoms with E-state index in [1.165, 1.54) is 0 Å². The van der Waals surface area contributed by atoms with Gasteiger partial charge in [0.05, 0.1) is 6.61 Å². The van der Waals surface area contributed by atoms with Crippen LogP contribution in [0.5, 0.6) is 0 Å². The number of amides is 2. The lowest BCUT2D eigenvalue weighted by Crippen LogP contribution is -2.47. The molecule has 0 aliphatic heterocycles. The van der Waals surface area contributed by atoms with Gasteiger partial charge in [-0.15, -0.1) is 0 Å². The Balaban J connectivity index is 1.77. The molecule has 1 aliphatic carbocycles. The molecule has 1 aliphatic rings. The van der Waals surface area contributed by atoms with E-state index < -0.39 is 0 Å². The molecule has 1 fully saturated rings. The monoisotopic (exact) mass is 306 g/mol. The first kappa shape index (κ1) is 16.8. The summed E-state index contributed by atoms with van der Waals surface area (Å²) in [6, 6.07) is 7.91. The summed E-state index contributed by atoms with van der Waals surface area (Å²) in [6.07, 6.45) is 4.19. The summed E-state index contributed by atoms with van der Waals surface area (Å²) in [7, 11) is 1.67. The summed E-state index contributed by atoms with van der Waals surface area (Å²) in [5.41, 5.74) is 2.17. The Morgan fingerprint density at radius 3 is 2.59 bits per heavy atom. The fourth-order valence-electron chi connectivity index (χ4n) is 2.94. The highest BCUT2D eigenvalue weighted by Crippen LogP contribution is 2.23. The molecule has 0 heterocycles. The van der Waals surface area contributed by atoms with Crippen molar-refractivity contribution in [3.05, 3.63) is 35.4 Å². The first-order valence-electron chi connectivity index (χ1n) is 7.95. The van der Waals surface area contributed by atoms with Crippen molar-refractivity contribution in [2.75, 3.05) is 13.7 Å². The summed E-state index contributed by atoms with van der Waals surface area (Å²) < 4.78 is 5.07. The third-order valence-electron chi connectivity index (χ3n) is 4.25. The Hall–Kier alpha value is -1.59. The normalized spacial score (nSPS) is 21.4. The average molecular weight is 306 g/mol. The van der Waals surface area contributed by atoms with Crippen molar-refractivity contribution < 1.29 is 14.6 Å². The number of carbonyl (C=O) groups excluding carboxylic acids is 1. The van der Waals surface area contributed by atoms with E-state index in [1.807, 2.05) is 24.3 Å². The molecule has 0 saturated heterocycles. The lowest BCUT2D eigenvalue weighted by atomic mass is 9.85. The first-order valence-corrected chi connectivity index (χ1v) is 7.95. The van der Waals surface area contributed by atoms with Crippen molar-refractivity contribution in [3.63, 3.8) is 0 Å². The van der Waals surface area contributed by atoms with E-state index in [9.17, 15) is 9.90 Å². The second-order valence-corrected chi connectivity index (χ2v) is 5.91. The Kier molecular flexibility index (Phi) is 6.68. The molecule has 3 N–H and O–H groups in total. The number of ether oxygens (including phenoxy) is 1. The van der Waals surface area contributed by atoms with Gasteiger partial charge in [0.25, 0.3) is 0 Å². The number of benzene rings is 1. The van der Waals surface area contributed by atoms with Gasteiger partial charge in [0.1, 0.15) is 0 Å². The van der Waals surface area contributed by atoms with Gasteiger partial charge in [-0.25, -0.2) is 4.79 Å². The van der Waals surface area contributed by atoms with Crippen LogP contribution in [0.2, 0.25) is 0 Å². The van der Waals surface area contributed by atoms with E-state index in [-0.39, 0.29) is 24.6 Å². The van der Waals surface area contributed by atoms with Gasteiger partial charge >= 0.3 is 6.03 Å². The van der Waals surface area contributed by atoms with Gasteiger partial charge in [-0.1, -0.05) is 37.1 Å². The number of rotatable bonds is 6. The van der Waals surface area contributed by atoms with Crippen LogP contribution in [0.4, 0.5) is 4.79 Å². The lowest BCUT2D eigenvalue weighted by Gasteiger charge is -2.30. The minimum atomic E-state index is -0.161. The van der Waals surface area contributed by atoms with Gasteiger partial charge < -0.3 is 20.5 Å². The van der Waals surface area contributed by atoms with Gasteiger partial charge in [0, 0.05) is 32.2 Å². The Morgan fingerprint density at radius 2 is 1.91 bits per heavy atom. The van der Waals surface area contributed by atoms with Crippen LogP contribution in [-0.2, 0) is 17.9 Å². The number of carbonyl (C=O) groups is 1. The van der Waals surface area contributed by atoms with Crippen LogP contribution in [0.25, 0.3) is 0 Å². The molecule has 22 heavy (non-hydrogen) atoms. The first-order chi connectivity index (χ1) is 10.7. The molecule has 1 aromatic rings. The number of methoxy groups -OCH3 is 1. The fraction of sp³-hybridized carbons (Fsp3) is 0.588. The van der Waals surface area contributed by atoms with Crippen molar-refractivity contribution in [1.82, 2.24) is 10.6 Å². The molecule has 5 nitrogen and oxygen atoms in total. The molecule has 2 atom stereocenters. The van der Waals surface area contributed by atoms with Crippen molar-refractivity contribution in [2.45, 2.75) is 44.9 Å². The minimum absolute atomic E-state index is 0.0860. The molecule has 0 bridgehead atoms. The molecular formula is C17H26N2O3. The van der Waals surface area contributed by atoms with E-state index in [0.29, 0.717) is 13.2 Å². The van der Waals surface area contributed by atoms with Crippen LogP contribution in [0, 0.1) is 5.92 Å². The maximum atomic E-state index is 12.0. The molecule has 2 unspecified atom stereocenters. The maximum Gasteiger partial charge on any atom is 0.315 e. The van der Waals surface area contributed by atoms with Crippen LogP contribution in [0.15, 0.2) is 24.3 Å². The van der Waals surface area contributed by atoms with Crippen molar-refractivity contribution in [3.8, 4) is 0 Å². The molecule has 5 heteroatoms. The van der Waals surface area contributed by atoms with Gasteiger partial charge in [0.15, 0.2) is 0 Å². The summed E-state index contributed by atoms with van der Waals surface area (Å²) in [6.45, 7) is 1.24. The predicted molar refractivity (Wildman–Crippen MR) is 85.4 cm³/mol. The Morgan fingerprint density at radius 1 is 1.23 bits per heavy atom. The van der Waals surface area contributed by atoms with Crippen molar-refractivity contribution in [2.24, 2.45) is 5.92 Å². The molecule has 1 aromatic carbocycles. The third-order valence-corrected chi connectivity index (χ3v) is 4.25. The van der Waals surface area contributed by atoms with Crippen LogP contribution < -0.4 is 10.6 Å². The third kappa shape index (κ3) is 5.00. The van der Waals surface area contributed by atoms with E-state index >= 15 is 0 Å². The molecular weight excluding hydrogens is 280 g/mol. The number of urea groups is 1. The fourth-order valence-corrected chi connectivity index (χ4v) is 2.94. The second-order valence-electron chi connectivity index (χ2n) is 5.91. The number of aliphatic hydroxyl groups excluding tert-OH is 1. The summed E-state index contributed by atoms with van der Waals surface area (Å²) in [5.74, 6) is 0.188. The van der Waals surface area contributed by atoms with Crippen LogP contribution in [0.1, 0.15) is 36.8 Å². The second kappa shape index (κ2) is 8.76. The molecule has 122 valence electrons. The quantitative estimate of drug-likeness (QED) is 0.754. The Bertz CT molecular complexity index is 461. The molecule has 1 saturated carbocycles. The number of hydrogen-bond acceptors (Lipinski definition) is 3. The topological polar surface area (TPSA) is 70.6 Å². The smallest absolute Gasteiger partial charge is 0.315 e. The highest BCUT2D eigenvalue weighted by molar-refractivity contribution is 5.74. The standard InChI is InChI=1S/C17H26N2O3/c1-22-12-14-8-6-13(7-9-14)10-18-17(21)19-16-5-3-2-4-15(16)11-20/h6-9,15-16,20H,2-5,10-12H2,1H3,(H2,18,19,21). The minimum Gasteiger partial charge on any atom is -0.396 e. The largest absolute Gasteiger partial charge is 0.396 e. The number of hydrogen-bond donors (Lipinski definition) is 3. The molecule has 0 spiro atoms. The lowest BCUT2D eigenvalue weighted by molar-refractivity contribution is 0.153. The Labute approximate surface area is 132 Å². The number of nitrogens with one attached hydrogen (secondary N) is 2. The average Bonchev–Trinajstić information content (AvgIpc) is 2.55. The predicted octanol–water partition coefficient (Wildman–Crippen LogP) is 2.18. The summed E-state index contributed by atoms with van der Waals surface area (Å²) in [5, 5.41) is 15.2. The van der Waals surface area contributed by atoms with E-state index in [1.54, 1.807) is 7.11 Å². The van der Waals surface area contributed by atoms with E-state index in [2.05, 4.69) is 10.6 Å². The zero-order valence-electron chi connectivity index (χ0n) is 13.2. The van der Waals surface area contributed by atoms with Crippen molar-refractivity contribution in [1.29, 1.82) is 0 Å². The molecule has 0 aromatic heterocycles. The highest BCUT2D eigenvalue weighted by Gasteiger charge is 2.25. The zero-order chi connectivity index (χ0) is 15.8. The van der Waals surface area contributed by atoms with E-state index in [4.69, 9.17) is 4.74 Å². The summed E-state index contributed by atoms with van der Waals surface area (Å²) in [4.78, 5) is 12.0. The maximum absolute atomic E-state index is 12.0. The van der Waals surface area contributed by atoms with Crippen molar-refractivity contribution >= 4 is 6.03 Å². The van der Waals surface area contributed by atoms with E-state index in [0.717, 1.165) is 36.8 Å². The zero-order valence-corrected chi connectivity index (χ0v) is 13.2. The molecule has 0 radical (unpaired) electrons. The van der Waals surface area contributed by atoms with Crippen LogP contribution >= 0.6 is 0 Å². The van der Waals surface area contributed by atoms with Gasteiger partial charge in [-0.3, -0.25) is 0 Å². The number of aliphatic hydroxyl groups is 1. The molecule has 2 rings (SSSR count). The van der Waals surface area contributed by atoms with Gasteiger partial charge in [-0.05, 0) is 24.0 Å².